The number of aromatic nitrogens is 7. The molecule has 38 heavy (non-hydrogen) atoms. The van der Waals surface area contributed by atoms with Crippen LogP contribution in [0.4, 0.5) is 14.6 Å². The summed E-state index contributed by atoms with van der Waals surface area (Å²) in [5.41, 5.74) is 7.48. The number of nitrogens with two attached hydrogens (primary N) is 1. The van der Waals surface area contributed by atoms with E-state index in [1.807, 2.05) is 0 Å². The number of nitrogens with zero attached hydrogens (tertiary/aromatic N) is 7. The Labute approximate surface area is 217 Å². The van der Waals surface area contributed by atoms with Crippen molar-refractivity contribution in [3.63, 3.8) is 0 Å². The quantitative estimate of drug-likeness (QED) is 0.352. The van der Waals surface area contributed by atoms with Crippen molar-refractivity contribution in [3.8, 4) is 26.9 Å². The first kappa shape index (κ1) is 23.6. The summed E-state index contributed by atoms with van der Waals surface area (Å²) in [5, 5.41) is 5.73. The van der Waals surface area contributed by atoms with Gasteiger partial charge in [0.25, 0.3) is 10.8 Å². The van der Waals surface area contributed by atoms with Crippen LogP contribution in [-0.2, 0) is 0 Å². The van der Waals surface area contributed by atoms with E-state index in [1.165, 1.54) is 55.1 Å². The number of rotatable bonds is 5. The molecule has 1 atom stereocenters. The fourth-order valence-corrected chi connectivity index (χ4v) is 5.09. The SMILES string of the molecule is COc1ncc(-c2nn([C@@H](C)c3nc4ccc(F)cn4c(=O)c3-c3cccc(F)c3)c3ncnc(N)c23)s1. The fourth-order valence-electron chi connectivity index (χ4n) is 4.36. The van der Waals surface area contributed by atoms with Gasteiger partial charge in [-0.15, -0.1) is 0 Å². The van der Waals surface area contributed by atoms with Crippen molar-refractivity contribution >= 4 is 33.8 Å². The first-order valence-electron chi connectivity index (χ1n) is 11.3. The molecule has 190 valence electrons. The van der Waals surface area contributed by atoms with Gasteiger partial charge in [0.15, 0.2) is 5.65 Å². The minimum Gasteiger partial charge on any atom is -0.473 e. The average molecular weight is 533 g/mol. The van der Waals surface area contributed by atoms with Crippen LogP contribution in [-0.4, -0.2) is 41.2 Å². The van der Waals surface area contributed by atoms with E-state index in [1.54, 1.807) is 23.9 Å². The Morgan fingerprint density at radius 2 is 1.95 bits per heavy atom. The summed E-state index contributed by atoms with van der Waals surface area (Å²) in [7, 11) is 1.52. The van der Waals surface area contributed by atoms with Crippen molar-refractivity contribution < 1.29 is 13.5 Å². The number of hydrogen-bond donors (Lipinski definition) is 1. The summed E-state index contributed by atoms with van der Waals surface area (Å²) in [4.78, 5) is 31.8. The van der Waals surface area contributed by atoms with Gasteiger partial charge in [-0.05, 0) is 36.8 Å². The van der Waals surface area contributed by atoms with Crippen molar-refractivity contribution in [2.45, 2.75) is 13.0 Å². The standard InChI is InChI=1S/C25H18F2N8O2S/c1-12(35-23-19(22(28)30-11-31-23)21(33-35)16-9-29-25(37-2)38-16)20-18(13-4-3-5-14(26)8-13)24(36)34-10-15(27)6-7-17(34)32-20/h3-12H,1-2H3,(H2,28,30,31)/t12-/m0/s1. The van der Waals surface area contributed by atoms with E-state index in [4.69, 9.17) is 20.6 Å². The number of nitrogen functional groups attached to an aromatic ring is 1. The van der Waals surface area contributed by atoms with Gasteiger partial charge < -0.3 is 10.5 Å². The molecule has 13 heteroatoms. The number of anilines is 1. The van der Waals surface area contributed by atoms with Crippen molar-refractivity contribution in [1.82, 2.24) is 34.1 Å². The smallest absolute Gasteiger partial charge is 0.273 e. The van der Waals surface area contributed by atoms with Gasteiger partial charge in [-0.25, -0.2) is 33.4 Å². The molecule has 5 heterocycles. The maximum absolute atomic E-state index is 14.2. The molecule has 10 nitrogen and oxygen atoms in total. The predicted molar refractivity (Wildman–Crippen MR) is 138 cm³/mol. The molecule has 0 amide bonds. The maximum atomic E-state index is 14.2. The molecule has 0 bridgehead atoms. The largest absolute Gasteiger partial charge is 0.473 e. The van der Waals surface area contributed by atoms with Crippen molar-refractivity contribution in [1.29, 1.82) is 0 Å². The molecular weight excluding hydrogens is 514 g/mol. The summed E-state index contributed by atoms with van der Waals surface area (Å²) >= 11 is 1.27. The second-order valence-electron chi connectivity index (χ2n) is 8.38. The molecular formula is C25H18F2N8O2S. The van der Waals surface area contributed by atoms with Gasteiger partial charge in [0.2, 0.25) is 0 Å². The van der Waals surface area contributed by atoms with Gasteiger partial charge in [-0.2, -0.15) is 5.10 Å². The highest BCUT2D eigenvalue weighted by Crippen LogP contribution is 2.38. The maximum Gasteiger partial charge on any atom is 0.273 e. The zero-order valence-electron chi connectivity index (χ0n) is 20.0. The molecule has 5 aromatic heterocycles. The highest BCUT2D eigenvalue weighted by atomic mass is 32.1. The van der Waals surface area contributed by atoms with Gasteiger partial charge in [0.1, 0.15) is 35.1 Å². The third-order valence-electron chi connectivity index (χ3n) is 6.10. The molecule has 6 aromatic rings. The molecule has 6 rings (SSSR count). The van der Waals surface area contributed by atoms with Crippen molar-refractivity contribution in [2.24, 2.45) is 0 Å². The molecule has 0 fully saturated rings. The lowest BCUT2D eigenvalue weighted by Gasteiger charge is -2.18. The molecule has 0 aliphatic rings. The number of fused-ring (bicyclic) bond motifs is 2. The average Bonchev–Trinajstić information content (AvgIpc) is 3.54. The van der Waals surface area contributed by atoms with E-state index < -0.39 is 23.2 Å². The van der Waals surface area contributed by atoms with E-state index in [9.17, 15) is 13.6 Å². The Hall–Kier alpha value is -4.78. The van der Waals surface area contributed by atoms with Crippen molar-refractivity contribution in [2.75, 3.05) is 12.8 Å². The lowest BCUT2D eigenvalue weighted by atomic mass is 10.0. The first-order chi connectivity index (χ1) is 18.4. The van der Waals surface area contributed by atoms with Crippen LogP contribution in [0.1, 0.15) is 18.7 Å². The number of hydrogen-bond acceptors (Lipinski definition) is 9. The number of methoxy groups -OCH3 is 1. The van der Waals surface area contributed by atoms with Crippen molar-refractivity contribution in [3.05, 3.63) is 82.8 Å². The van der Waals surface area contributed by atoms with E-state index >= 15 is 0 Å². The number of halogens is 2. The molecule has 0 spiro atoms. The third kappa shape index (κ3) is 3.75. The first-order valence-corrected chi connectivity index (χ1v) is 12.1. The highest BCUT2D eigenvalue weighted by molar-refractivity contribution is 7.16. The monoisotopic (exact) mass is 532 g/mol. The number of ether oxygens (including phenoxy) is 1. The van der Waals surface area contributed by atoms with E-state index in [2.05, 4.69) is 15.0 Å². The van der Waals surface area contributed by atoms with E-state index in [-0.39, 0.29) is 17.0 Å². The van der Waals surface area contributed by atoms with E-state index in [0.29, 0.717) is 38.1 Å². The Morgan fingerprint density at radius 1 is 1.11 bits per heavy atom. The third-order valence-corrected chi connectivity index (χ3v) is 7.07. The summed E-state index contributed by atoms with van der Waals surface area (Å²) in [6.07, 6.45) is 3.98. The lowest BCUT2D eigenvalue weighted by Crippen LogP contribution is -2.23. The van der Waals surface area contributed by atoms with Gasteiger partial charge >= 0.3 is 0 Å². The van der Waals surface area contributed by atoms with Crippen LogP contribution in [0.2, 0.25) is 0 Å². The number of thiazole rings is 1. The van der Waals surface area contributed by atoms with E-state index in [0.717, 1.165) is 10.6 Å². The topological polar surface area (TPSA) is 126 Å². The summed E-state index contributed by atoms with van der Waals surface area (Å²) < 4.78 is 36.2. The van der Waals surface area contributed by atoms with Crippen LogP contribution < -0.4 is 16.0 Å². The molecule has 0 saturated carbocycles. The zero-order chi connectivity index (χ0) is 26.6. The Morgan fingerprint density at radius 3 is 2.71 bits per heavy atom. The van der Waals surface area contributed by atoms with Crippen LogP contribution in [0, 0.1) is 11.6 Å². The molecule has 0 aliphatic carbocycles. The summed E-state index contributed by atoms with van der Waals surface area (Å²) in [6.45, 7) is 1.78. The van der Waals surface area contributed by atoms with Crippen LogP contribution in [0.15, 0.2) is 59.9 Å². The Bertz CT molecular complexity index is 1920. The molecule has 2 N–H and O–H groups in total. The molecule has 1 aromatic carbocycles. The molecule has 0 unspecified atom stereocenters. The van der Waals surface area contributed by atoms with Gasteiger partial charge in [-0.3, -0.25) is 9.20 Å². The van der Waals surface area contributed by atoms with Gasteiger partial charge in [0.05, 0.1) is 40.9 Å². The summed E-state index contributed by atoms with van der Waals surface area (Å²) in [5.74, 6) is -0.929. The second kappa shape index (κ2) is 8.95. The molecule has 0 saturated heterocycles. The van der Waals surface area contributed by atoms with Gasteiger partial charge in [-0.1, -0.05) is 23.5 Å². The number of benzene rings is 1. The predicted octanol–water partition coefficient (Wildman–Crippen LogP) is 4.10. The fraction of sp³-hybridized carbons (Fsp3) is 0.120. The molecule has 0 radical (unpaired) electrons. The minimum atomic E-state index is -0.684. The normalized spacial score (nSPS) is 12.3. The van der Waals surface area contributed by atoms with Gasteiger partial charge in [0, 0.05) is 6.20 Å². The zero-order valence-corrected chi connectivity index (χ0v) is 20.8. The molecule has 0 aliphatic heterocycles. The Kier molecular flexibility index (Phi) is 5.56. The van der Waals surface area contributed by atoms with Crippen LogP contribution in [0.25, 0.3) is 38.4 Å². The van der Waals surface area contributed by atoms with Crippen LogP contribution >= 0.6 is 11.3 Å². The summed E-state index contributed by atoms with van der Waals surface area (Å²) in [6, 6.07) is 7.52. The Balaban J connectivity index is 1.64. The lowest BCUT2D eigenvalue weighted by molar-refractivity contribution is 0.412. The van der Waals surface area contributed by atoms with Crippen LogP contribution in [0.3, 0.4) is 0 Å². The van der Waals surface area contributed by atoms with Crippen LogP contribution in [0.5, 0.6) is 5.19 Å². The minimum absolute atomic E-state index is 0.104. The number of pyridine rings is 1. The highest BCUT2D eigenvalue weighted by Gasteiger charge is 2.27. The second-order valence-corrected chi connectivity index (χ2v) is 9.38.